The zero-order valence-electron chi connectivity index (χ0n) is 11.6. The average molecular weight is 283 g/mol. The predicted octanol–water partition coefficient (Wildman–Crippen LogP) is -1.66. The van der Waals surface area contributed by atoms with E-state index in [9.17, 15) is 14.4 Å². The van der Waals surface area contributed by atoms with Gasteiger partial charge in [-0.1, -0.05) is 0 Å². The third-order valence-corrected chi connectivity index (χ3v) is 3.43. The summed E-state index contributed by atoms with van der Waals surface area (Å²) in [5.74, 6) is -0.312. The number of carbonyl (C=O) groups excluding carboxylic acids is 3. The Morgan fingerprint density at radius 1 is 1.35 bits per heavy atom. The molecule has 8 heteroatoms. The Morgan fingerprint density at radius 2 is 2.15 bits per heavy atom. The van der Waals surface area contributed by atoms with E-state index in [2.05, 4.69) is 21.3 Å². The van der Waals surface area contributed by atoms with Gasteiger partial charge in [0.2, 0.25) is 11.8 Å². The molecule has 20 heavy (non-hydrogen) atoms. The first-order valence-electron chi connectivity index (χ1n) is 6.93. The third-order valence-electron chi connectivity index (χ3n) is 3.43. The molecule has 4 N–H and O–H groups in total. The van der Waals surface area contributed by atoms with Crippen LogP contribution in [0.5, 0.6) is 0 Å². The lowest BCUT2D eigenvalue weighted by Crippen LogP contribution is -2.55. The van der Waals surface area contributed by atoms with Crippen molar-refractivity contribution in [3.05, 3.63) is 0 Å². The van der Waals surface area contributed by atoms with Gasteiger partial charge in [-0.05, 0) is 26.3 Å². The van der Waals surface area contributed by atoms with Crippen LogP contribution in [-0.2, 0) is 9.59 Å². The molecule has 4 amide bonds. The first-order valence-corrected chi connectivity index (χ1v) is 6.93. The van der Waals surface area contributed by atoms with Gasteiger partial charge in [-0.3, -0.25) is 19.8 Å². The second-order valence-corrected chi connectivity index (χ2v) is 5.05. The minimum absolute atomic E-state index is 0.0863. The van der Waals surface area contributed by atoms with Crippen LogP contribution in [0.15, 0.2) is 0 Å². The highest BCUT2D eigenvalue weighted by atomic mass is 16.2. The minimum Gasteiger partial charge on any atom is -0.355 e. The number of nitrogens with one attached hydrogen (secondary N) is 4. The van der Waals surface area contributed by atoms with E-state index in [0.717, 1.165) is 13.0 Å². The molecule has 0 aromatic carbocycles. The molecule has 0 radical (unpaired) electrons. The number of rotatable bonds is 1. The van der Waals surface area contributed by atoms with Crippen molar-refractivity contribution in [1.29, 1.82) is 0 Å². The van der Waals surface area contributed by atoms with Crippen molar-refractivity contribution in [1.82, 2.24) is 26.2 Å². The van der Waals surface area contributed by atoms with Crippen molar-refractivity contribution in [2.24, 2.45) is 0 Å². The van der Waals surface area contributed by atoms with E-state index in [-0.39, 0.29) is 30.6 Å². The summed E-state index contributed by atoms with van der Waals surface area (Å²) in [5, 5.41) is 11.5. The number of imide groups is 1. The molecule has 2 rings (SSSR count). The van der Waals surface area contributed by atoms with Crippen LogP contribution in [0.25, 0.3) is 0 Å². The number of hydrogen-bond acceptors (Lipinski definition) is 5. The van der Waals surface area contributed by atoms with E-state index in [1.165, 1.54) is 4.90 Å². The molecule has 0 saturated carbocycles. The Balaban J connectivity index is 1.92. The molecule has 2 fully saturated rings. The molecule has 0 aromatic heterocycles. The smallest absolute Gasteiger partial charge is 0.325 e. The van der Waals surface area contributed by atoms with E-state index in [4.69, 9.17) is 0 Å². The number of urea groups is 1. The molecule has 2 aliphatic heterocycles. The second kappa shape index (κ2) is 6.67. The molecule has 0 aliphatic carbocycles. The SMILES string of the molecule is CC1NC(NC(=O)N2CCCNCC2=O)CCNC1=O. The molecule has 0 aromatic rings. The fraction of sp³-hybridized carbons (Fsp3) is 0.750. The molecule has 0 spiro atoms. The lowest BCUT2D eigenvalue weighted by Gasteiger charge is -2.24. The van der Waals surface area contributed by atoms with Gasteiger partial charge in [0, 0.05) is 13.1 Å². The van der Waals surface area contributed by atoms with Crippen LogP contribution in [0.2, 0.25) is 0 Å². The maximum atomic E-state index is 12.2. The molecule has 2 aliphatic rings. The highest BCUT2D eigenvalue weighted by Gasteiger charge is 2.27. The van der Waals surface area contributed by atoms with Crippen LogP contribution in [0.1, 0.15) is 19.8 Å². The lowest BCUT2D eigenvalue weighted by atomic mass is 10.3. The van der Waals surface area contributed by atoms with Crippen LogP contribution < -0.4 is 21.3 Å². The summed E-state index contributed by atoms with van der Waals surface area (Å²) in [6, 6.07) is -0.776. The highest BCUT2D eigenvalue weighted by molar-refractivity contribution is 5.95. The van der Waals surface area contributed by atoms with Crippen molar-refractivity contribution in [2.45, 2.75) is 32.0 Å². The quantitative estimate of drug-likeness (QED) is 0.461. The topological polar surface area (TPSA) is 103 Å². The Hall–Kier alpha value is -1.67. The van der Waals surface area contributed by atoms with Gasteiger partial charge in [-0.2, -0.15) is 0 Å². The van der Waals surface area contributed by atoms with Crippen LogP contribution in [0.3, 0.4) is 0 Å². The van der Waals surface area contributed by atoms with Gasteiger partial charge < -0.3 is 16.0 Å². The summed E-state index contributed by atoms with van der Waals surface area (Å²) in [6.07, 6.45) is 1.01. The maximum Gasteiger partial charge on any atom is 0.325 e. The van der Waals surface area contributed by atoms with Gasteiger partial charge in [0.25, 0.3) is 0 Å². The van der Waals surface area contributed by atoms with Gasteiger partial charge >= 0.3 is 6.03 Å². The molecular weight excluding hydrogens is 262 g/mol. The van der Waals surface area contributed by atoms with Crippen molar-refractivity contribution >= 4 is 17.8 Å². The summed E-state index contributed by atoms with van der Waals surface area (Å²) >= 11 is 0. The maximum absolute atomic E-state index is 12.2. The average Bonchev–Trinajstić information content (AvgIpc) is 2.70. The first-order chi connectivity index (χ1) is 9.58. The molecule has 2 atom stereocenters. The summed E-state index contributed by atoms with van der Waals surface area (Å²) < 4.78 is 0. The van der Waals surface area contributed by atoms with Gasteiger partial charge in [0.1, 0.15) is 0 Å². The number of carbonyl (C=O) groups is 3. The fourth-order valence-electron chi connectivity index (χ4n) is 2.29. The Morgan fingerprint density at radius 3 is 2.95 bits per heavy atom. The van der Waals surface area contributed by atoms with Crippen LogP contribution in [0, 0.1) is 0 Å². The van der Waals surface area contributed by atoms with Gasteiger partial charge in [0.15, 0.2) is 0 Å². The molecular formula is C12H21N5O3. The number of amides is 4. The molecule has 8 nitrogen and oxygen atoms in total. The number of hydrogen-bond donors (Lipinski definition) is 4. The van der Waals surface area contributed by atoms with Gasteiger partial charge in [-0.15, -0.1) is 0 Å². The van der Waals surface area contributed by atoms with Crippen molar-refractivity contribution in [3.8, 4) is 0 Å². The van der Waals surface area contributed by atoms with Crippen LogP contribution in [-0.4, -0.2) is 61.1 Å². The summed E-state index contributed by atoms with van der Waals surface area (Å²) in [5.41, 5.74) is 0. The van der Waals surface area contributed by atoms with Crippen LogP contribution >= 0.6 is 0 Å². The summed E-state index contributed by atoms with van der Waals surface area (Å²) in [4.78, 5) is 36.7. The lowest BCUT2D eigenvalue weighted by molar-refractivity contribution is -0.127. The Kier molecular flexibility index (Phi) is 4.91. The zero-order chi connectivity index (χ0) is 14.5. The summed E-state index contributed by atoms with van der Waals surface area (Å²) in [6.45, 7) is 3.56. The van der Waals surface area contributed by atoms with Gasteiger partial charge in [-0.25, -0.2) is 4.79 Å². The molecule has 2 unspecified atom stereocenters. The predicted molar refractivity (Wildman–Crippen MR) is 71.7 cm³/mol. The van der Waals surface area contributed by atoms with Crippen molar-refractivity contribution in [3.63, 3.8) is 0 Å². The van der Waals surface area contributed by atoms with E-state index in [1.54, 1.807) is 6.92 Å². The fourth-order valence-corrected chi connectivity index (χ4v) is 2.29. The van der Waals surface area contributed by atoms with Crippen molar-refractivity contribution in [2.75, 3.05) is 26.2 Å². The van der Waals surface area contributed by atoms with Crippen molar-refractivity contribution < 1.29 is 14.4 Å². The van der Waals surface area contributed by atoms with E-state index < -0.39 is 6.03 Å². The molecule has 2 heterocycles. The minimum atomic E-state index is -0.405. The largest absolute Gasteiger partial charge is 0.355 e. The highest BCUT2D eigenvalue weighted by Crippen LogP contribution is 2.01. The summed E-state index contributed by atoms with van der Waals surface area (Å²) in [7, 11) is 0. The Bertz CT molecular complexity index is 401. The molecule has 2 saturated heterocycles. The molecule has 0 bridgehead atoms. The molecule has 112 valence electrons. The monoisotopic (exact) mass is 283 g/mol. The first kappa shape index (κ1) is 14.7. The Labute approximate surface area is 117 Å². The zero-order valence-corrected chi connectivity index (χ0v) is 11.6. The normalized spacial score (nSPS) is 28.4. The van der Waals surface area contributed by atoms with Crippen LogP contribution in [0.4, 0.5) is 4.79 Å². The standard InChI is InChI=1S/C12H21N5O3/c1-8-11(19)14-5-3-9(15-8)16-12(20)17-6-2-4-13-7-10(17)18/h8-9,13,15H,2-7H2,1H3,(H,14,19)(H,16,20). The van der Waals surface area contributed by atoms with E-state index >= 15 is 0 Å². The third kappa shape index (κ3) is 3.67. The van der Waals surface area contributed by atoms with E-state index in [1.807, 2.05) is 0 Å². The number of nitrogens with zero attached hydrogens (tertiary/aromatic N) is 1. The second-order valence-electron chi connectivity index (χ2n) is 5.05. The van der Waals surface area contributed by atoms with Gasteiger partial charge in [0.05, 0.1) is 18.8 Å². The van der Waals surface area contributed by atoms with E-state index in [0.29, 0.717) is 19.5 Å².